The third-order valence-electron chi connectivity index (χ3n) is 2.89. The molecule has 0 heterocycles. The lowest BCUT2D eigenvalue weighted by Crippen LogP contribution is -2.28. The molecule has 1 amide bonds. The molecule has 6 nitrogen and oxygen atoms in total. The molecule has 0 aliphatic carbocycles. The van der Waals surface area contributed by atoms with Crippen LogP contribution in [0.1, 0.15) is 39.5 Å². The summed E-state index contributed by atoms with van der Waals surface area (Å²) in [6.45, 7) is 7.36. The number of carbonyl (C=O) groups is 1. The molecule has 0 spiro atoms. The number of hydrogen-bond acceptors (Lipinski definition) is 3. The summed E-state index contributed by atoms with van der Waals surface area (Å²) in [5.41, 5.74) is 10.4. The maximum Gasteiger partial charge on any atom is 0.220 e. The topological polar surface area (TPSA) is 106 Å². The highest BCUT2D eigenvalue weighted by Crippen LogP contribution is 2.05. The van der Waals surface area contributed by atoms with E-state index >= 15 is 0 Å². The number of carbonyl (C=O) groups excluding carboxylic acids is 1. The summed E-state index contributed by atoms with van der Waals surface area (Å²) in [5, 5.41) is 6.21. The number of nitrogens with two attached hydrogens (primary N) is 2. The average molecular weight is 271 g/mol. The van der Waals surface area contributed by atoms with Gasteiger partial charge in [-0.15, -0.1) is 0 Å². The first-order valence-corrected chi connectivity index (χ1v) is 7.09. The molecule has 0 aliphatic heterocycles. The van der Waals surface area contributed by atoms with Crippen molar-refractivity contribution < 1.29 is 4.79 Å². The normalized spacial score (nSPS) is 11.9. The molecular formula is C13H29N5O. The van der Waals surface area contributed by atoms with Gasteiger partial charge in [0.2, 0.25) is 5.91 Å². The Morgan fingerprint density at radius 1 is 1.21 bits per heavy atom. The van der Waals surface area contributed by atoms with Gasteiger partial charge in [0, 0.05) is 19.5 Å². The van der Waals surface area contributed by atoms with Crippen LogP contribution in [-0.4, -0.2) is 38.0 Å². The second-order valence-electron chi connectivity index (χ2n) is 4.83. The lowest BCUT2D eigenvalue weighted by Gasteiger charge is -2.09. The summed E-state index contributed by atoms with van der Waals surface area (Å²) in [6.07, 6.45) is 3.53. The Morgan fingerprint density at radius 2 is 1.89 bits per heavy atom. The van der Waals surface area contributed by atoms with Gasteiger partial charge in [-0.1, -0.05) is 20.3 Å². The van der Waals surface area contributed by atoms with Crippen molar-refractivity contribution in [2.75, 3.05) is 26.2 Å². The van der Waals surface area contributed by atoms with E-state index in [9.17, 15) is 4.79 Å². The first-order chi connectivity index (χ1) is 9.06. The Morgan fingerprint density at radius 3 is 2.53 bits per heavy atom. The maximum absolute atomic E-state index is 11.5. The smallest absolute Gasteiger partial charge is 0.220 e. The molecule has 0 rings (SSSR count). The van der Waals surface area contributed by atoms with E-state index in [1.165, 1.54) is 0 Å². The SMILES string of the molecule is CCC(C)CC(=O)NCCCNCCCN=C(N)N. The second-order valence-corrected chi connectivity index (χ2v) is 4.83. The van der Waals surface area contributed by atoms with Crippen molar-refractivity contribution in [3.63, 3.8) is 0 Å². The molecule has 112 valence electrons. The van der Waals surface area contributed by atoms with Gasteiger partial charge >= 0.3 is 0 Å². The van der Waals surface area contributed by atoms with Gasteiger partial charge in [0.1, 0.15) is 0 Å². The quantitative estimate of drug-likeness (QED) is 0.244. The van der Waals surface area contributed by atoms with Crippen LogP contribution in [0.2, 0.25) is 0 Å². The number of rotatable bonds is 11. The molecule has 0 saturated carbocycles. The van der Waals surface area contributed by atoms with Gasteiger partial charge in [-0.05, 0) is 31.8 Å². The molecule has 0 bridgehead atoms. The van der Waals surface area contributed by atoms with E-state index in [-0.39, 0.29) is 11.9 Å². The molecule has 0 aromatic rings. The molecule has 1 unspecified atom stereocenters. The predicted molar refractivity (Wildman–Crippen MR) is 79.9 cm³/mol. The molecule has 0 aliphatic rings. The summed E-state index contributed by atoms with van der Waals surface area (Å²) < 4.78 is 0. The van der Waals surface area contributed by atoms with Gasteiger partial charge in [0.15, 0.2) is 5.96 Å². The summed E-state index contributed by atoms with van der Waals surface area (Å²) in [7, 11) is 0. The van der Waals surface area contributed by atoms with Crippen LogP contribution in [0.5, 0.6) is 0 Å². The molecule has 0 fully saturated rings. The third kappa shape index (κ3) is 12.9. The molecule has 6 heteroatoms. The van der Waals surface area contributed by atoms with Crippen LogP contribution in [0, 0.1) is 5.92 Å². The minimum absolute atomic E-state index is 0.143. The molecule has 0 saturated heterocycles. The van der Waals surface area contributed by atoms with Crippen LogP contribution in [0.3, 0.4) is 0 Å². The number of nitrogens with one attached hydrogen (secondary N) is 2. The first kappa shape index (κ1) is 17.7. The Balaban J connectivity index is 3.27. The van der Waals surface area contributed by atoms with Crippen LogP contribution in [0.15, 0.2) is 4.99 Å². The second kappa shape index (κ2) is 11.8. The molecule has 0 aromatic carbocycles. The Bertz CT molecular complexity index is 264. The lowest BCUT2D eigenvalue weighted by atomic mass is 10.1. The summed E-state index contributed by atoms with van der Waals surface area (Å²) in [4.78, 5) is 15.4. The van der Waals surface area contributed by atoms with Crippen LogP contribution in [-0.2, 0) is 4.79 Å². The highest BCUT2D eigenvalue weighted by Gasteiger charge is 2.05. The highest BCUT2D eigenvalue weighted by molar-refractivity contribution is 5.76. The number of guanidine groups is 1. The summed E-state index contributed by atoms with van der Waals surface area (Å²) in [5.74, 6) is 0.764. The largest absolute Gasteiger partial charge is 0.370 e. The molecular weight excluding hydrogens is 242 g/mol. The lowest BCUT2D eigenvalue weighted by molar-refractivity contribution is -0.121. The van der Waals surface area contributed by atoms with Gasteiger partial charge in [-0.3, -0.25) is 9.79 Å². The molecule has 0 aromatic heterocycles. The van der Waals surface area contributed by atoms with E-state index in [4.69, 9.17) is 11.5 Å². The van der Waals surface area contributed by atoms with E-state index in [2.05, 4.69) is 29.5 Å². The van der Waals surface area contributed by atoms with Gasteiger partial charge in [0.25, 0.3) is 0 Å². The number of hydrogen-bond donors (Lipinski definition) is 4. The first-order valence-electron chi connectivity index (χ1n) is 7.09. The third-order valence-corrected chi connectivity index (χ3v) is 2.89. The highest BCUT2D eigenvalue weighted by atomic mass is 16.1. The van der Waals surface area contributed by atoms with Crippen molar-refractivity contribution in [1.29, 1.82) is 0 Å². The Hall–Kier alpha value is -1.30. The molecule has 1 atom stereocenters. The van der Waals surface area contributed by atoms with Gasteiger partial charge in [-0.25, -0.2) is 0 Å². The summed E-state index contributed by atoms with van der Waals surface area (Å²) >= 11 is 0. The van der Waals surface area contributed by atoms with Gasteiger partial charge < -0.3 is 22.1 Å². The Kier molecular flexibility index (Phi) is 11.0. The monoisotopic (exact) mass is 271 g/mol. The van der Waals surface area contributed by atoms with Gasteiger partial charge in [-0.2, -0.15) is 0 Å². The van der Waals surface area contributed by atoms with Crippen LogP contribution < -0.4 is 22.1 Å². The standard InChI is InChI=1S/C13H29N5O/c1-3-11(2)10-12(19)17-8-4-6-16-7-5-9-18-13(14)15/h11,16H,3-10H2,1-2H3,(H,17,19)(H4,14,15,18). The predicted octanol–water partition coefficient (Wildman–Crippen LogP) is 0.182. The number of nitrogens with zero attached hydrogens (tertiary/aromatic N) is 1. The van der Waals surface area contributed by atoms with Crippen LogP contribution in [0.4, 0.5) is 0 Å². The number of amides is 1. The van der Waals surface area contributed by atoms with E-state index < -0.39 is 0 Å². The molecule has 19 heavy (non-hydrogen) atoms. The van der Waals surface area contributed by atoms with E-state index in [0.717, 1.165) is 38.9 Å². The zero-order chi connectivity index (χ0) is 14.5. The van der Waals surface area contributed by atoms with Crippen LogP contribution >= 0.6 is 0 Å². The Labute approximate surface area is 116 Å². The zero-order valence-electron chi connectivity index (χ0n) is 12.2. The van der Waals surface area contributed by atoms with Crippen molar-refractivity contribution in [2.45, 2.75) is 39.5 Å². The van der Waals surface area contributed by atoms with Crippen molar-refractivity contribution in [2.24, 2.45) is 22.4 Å². The van der Waals surface area contributed by atoms with Crippen molar-refractivity contribution in [1.82, 2.24) is 10.6 Å². The van der Waals surface area contributed by atoms with Crippen molar-refractivity contribution in [3.05, 3.63) is 0 Å². The minimum atomic E-state index is 0.143. The van der Waals surface area contributed by atoms with Crippen molar-refractivity contribution in [3.8, 4) is 0 Å². The summed E-state index contributed by atoms with van der Waals surface area (Å²) in [6, 6.07) is 0. The molecule has 0 radical (unpaired) electrons. The van der Waals surface area contributed by atoms with E-state index in [1.54, 1.807) is 0 Å². The van der Waals surface area contributed by atoms with Crippen LogP contribution in [0.25, 0.3) is 0 Å². The minimum Gasteiger partial charge on any atom is -0.370 e. The van der Waals surface area contributed by atoms with Crippen molar-refractivity contribution >= 4 is 11.9 Å². The van der Waals surface area contributed by atoms with Gasteiger partial charge in [0.05, 0.1) is 0 Å². The number of aliphatic imine (C=N–C) groups is 1. The zero-order valence-corrected chi connectivity index (χ0v) is 12.2. The fraction of sp³-hybridized carbons (Fsp3) is 0.846. The fourth-order valence-corrected chi connectivity index (χ4v) is 1.51. The maximum atomic E-state index is 11.5. The van der Waals surface area contributed by atoms with E-state index in [1.807, 2.05) is 0 Å². The van der Waals surface area contributed by atoms with E-state index in [0.29, 0.717) is 18.9 Å². The molecule has 6 N–H and O–H groups in total. The fourth-order valence-electron chi connectivity index (χ4n) is 1.51. The average Bonchev–Trinajstić information content (AvgIpc) is 2.36.